The van der Waals surface area contributed by atoms with Gasteiger partial charge in [0.1, 0.15) is 0 Å². The third-order valence-electron chi connectivity index (χ3n) is 8.34. The summed E-state index contributed by atoms with van der Waals surface area (Å²) in [6.45, 7) is 7.88. The number of nitrogens with zero attached hydrogens (tertiary/aromatic N) is 2. The van der Waals surface area contributed by atoms with Gasteiger partial charge in [0.2, 0.25) is 0 Å². The van der Waals surface area contributed by atoms with Gasteiger partial charge < -0.3 is 10.0 Å². The molecule has 2 aliphatic heterocycles. The first-order valence-corrected chi connectivity index (χ1v) is 12.4. The molecule has 0 radical (unpaired) electrons. The van der Waals surface area contributed by atoms with Gasteiger partial charge >= 0.3 is 0 Å². The van der Waals surface area contributed by atoms with E-state index in [0.29, 0.717) is 11.8 Å². The lowest BCUT2D eigenvalue weighted by Crippen LogP contribution is -2.42. The summed E-state index contributed by atoms with van der Waals surface area (Å²) in [6, 6.07) is 20.5. The van der Waals surface area contributed by atoms with Crippen LogP contribution in [-0.2, 0) is 18.6 Å². The van der Waals surface area contributed by atoms with E-state index in [-0.39, 0.29) is 0 Å². The second-order valence-electron chi connectivity index (χ2n) is 10.3. The van der Waals surface area contributed by atoms with Gasteiger partial charge in [0.15, 0.2) is 0 Å². The summed E-state index contributed by atoms with van der Waals surface area (Å²) in [5.41, 5.74) is 3.25. The zero-order valence-electron chi connectivity index (χ0n) is 19.0. The van der Waals surface area contributed by atoms with E-state index in [0.717, 1.165) is 57.0 Å². The van der Waals surface area contributed by atoms with E-state index < -0.39 is 5.60 Å². The Labute approximate surface area is 188 Å². The van der Waals surface area contributed by atoms with Gasteiger partial charge in [-0.25, -0.2) is 0 Å². The van der Waals surface area contributed by atoms with Crippen LogP contribution in [0, 0.1) is 11.8 Å². The summed E-state index contributed by atoms with van der Waals surface area (Å²) in [5, 5.41) is 11.9. The zero-order chi connectivity index (χ0) is 21.3. The predicted molar refractivity (Wildman–Crippen MR) is 127 cm³/mol. The van der Waals surface area contributed by atoms with Gasteiger partial charge in [-0.15, -0.1) is 0 Å². The molecule has 0 aromatic heterocycles. The Balaban J connectivity index is 1.25. The lowest BCUT2D eigenvalue weighted by molar-refractivity contribution is -0.0648. The summed E-state index contributed by atoms with van der Waals surface area (Å²) >= 11 is 0. The molecular weight excluding hydrogens is 380 g/mol. The van der Waals surface area contributed by atoms with Gasteiger partial charge in [-0.2, -0.15) is 0 Å². The maximum absolute atomic E-state index is 11.9. The number of fused-ring (bicyclic) bond motifs is 1. The molecule has 0 bridgehead atoms. The molecule has 1 N–H and O–H groups in total. The van der Waals surface area contributed by atoms with E-state index in [9.17, 15) is 5.11 Å². The Morgan fingerprint density at radius 1 is 0.935 bits per heavy atom. The molecule has 3 heteroatoms. The summed E-state index contributed by atoms with van der Waals surface area (Å²) in [4.78, 5) is 5.18. The highest BCUT2D eigenvalue weighted by molar-refractivity contribution is 5.30. The normalized spacial score (nSPS) is 31.7. The standard InChI is InChI=1S/C28H38N2O/c1-22-7-6-17-30(22)18-15-23-11-13-26(14-12-23)28(31)16-5-10-25-20-29(21-27(25)28)19-24-8-3-2-4-9-24/h2-4,8-9,11-14,22,25,27,31H,5-7,10,15-21H2,1H3/t22-,25+,27-,28?/m1/s1. The zero-order valence-corrected chi connectivity index (χ0v) is 19.0. The van der Waals surface area contributed by atoms with Crippen LogP contribution >= 0.6 is 0 Å². The Morgan fingerprint density at radius 2 is 1.74 bits per heavy atom. The Kier molecular flexibility index (Phi) is 6.19. The molecule has 0 spiro atoms. The van der Waals surface area contributed by atoms with Crippen molar-refractivity contribution < 1.29 is 5.11 Å². The first-order valence-electron chi connectivity index (χ1n) is 12.4. The molecule has 2 aromatic carbocycles. The summed E-state index contributed by atoms with van der Waals surface area (Å²) in [5.74, 6) is 0.958. The molecule has 1 unspecified atom stereocenters. The predicted octanol–water partition coefficient (Wildman–Crippen LogP) is 4.83. The monoisotopic (exact) mass is 418 g/mol. The first kappa shape index (κ1) is 21.2. The minimum atomic E-state index is -0.670. The van der Waals surface area contributed by atoms with E-state index in [1.54, 1.807) is 0 Å². The average molecular weight is 419 g/mol. The second-order valence-corrected chi connectivity index (χ2v) is 10.3. The van der Waals surface area contributed by atoms with Gasteiger partial charge in [-0.1, -0.05) is 54.6 Å². The molecule has 0 amide bonds. The maximum Gasteiger partial charge on any atom is 0.0939 e. The summed E-state index contributed by atoms with van der Waals surface area (Å²) in [7, 11) is 0. The molecule has 3 fully saturated rings. The minimum Gasteiger partial charge on any atom is -0.385 e. The number of hydrogen-bond donors (Lipinski definition) is 1. The van der Waals surface area contributed by atoms with Gasteiger partial charge in [0, 0.05) is 38.1 Å². The molecule has 3 nitrogen and oxygen atoms in total. The van der Waals surface area contributed by atoms with Crippen molar-refractivity contribution in [3.8, 4) is 0 Å². The Hall–Kier alpha value is -1.68. The largest absolute Gasteiger partial charge is 0.385 e. The highest BCUT2D eigenvalue weighted by atomic mass is 16.3. The quantitative estimate of drug-likeness (QED) is 0.728. The van der Waals surface area contributed by atoms with Crippen molar-refractivity contribution in [3.63, 3.8) is 0 Å². The molecule has 4 atom stereocenters. The van der Waals surface area contributed by atoms with Gasteiger partial charge in [-0.3, -0.25) is 4.90 Å². The van der Waals surface area contributed by atoms with Gasteiger partial charge in [0.05, 0.1) is 5.60 Å². The van der Waals surface area contributed by atoms with E-state index >= 15 is 0 Å². The number of aliphatic hydroxyl groups is 1. The Bertz CT molecular complexity index is 851. The van der Waals surface area contributed by atoms with Crippen molar-refractivity contribution in [2.45, 2.75) is 63.6 Å². The van der Waals surface area contributed by atoms with E-state index in [1.165, 1.54) is 36.9 Å². The molecule has 2 saturated heterocycles. The van der Waals surface area contributed by atoms with Crippen LogP contribution < -0.4 is 0 Å². The molecule has 1 saturated carbocycles. The number of rotatable bonds is 6. The summed E-state index contributed by atoms with van der Waals surface area (Å²) < 4.78 is 0. The highest BCUT2D eigenvalue weighted by Crippen LogP contribution is 2.48. The van der Waals surface area contributed by atoms with Crippen molar-refractivity contribution in [3.05, 3.63) is 71.3 Å². The van der Waals surface area contributed by atoms with Crippen LogP contribution in [-0.4, -0.2) is 47.1 Å². The molecule has 166 valence electrons. The third-order valence-corrected chi connectivity index (χ3v) is 8.34. The van der Waals surface area contributed by atoms with Crippen molar-refractivity contribution >= 4 is 0 Å². The molecule has 3 aliphatic rings. The molecular formula is C28H38N2O. The molecule has 2 heterocycles. The Morgan fingerprint density at radius 3 is 2.48 bits per heavy atom. The molecule has 31 heavy (non-hydrogen) atoms. The highest BCUT2D eigenvalue weighted by Gasteiger charge is 2.49. The molecule has 5 rings (SSSR count). The van der Waals surface area contributed by atoms with Crippen molar-refractivity contribution in [1.82, 2.24) is 9.80 Å². The number of hydrogen-bond acceptors (Lipinski definition) is 3. The van der Waals surface area contributed by atoms with E-state index in [2.05, 4.69) is 71.3 Å². The van der Waals surface area contributed by atoms with Gasteiger partial charge in [0.25, 0.3) is 0 Å². The van der Waals surface area contributed by atoms with Crippen LogP contribution in [0.25, 0.3) is 0 Å². The fourth-order valence-corrected chi connectivity index (χ4v) is 6.50. The topological polar surface area (TPSA) is 26.7 Å². The smallest absolute Gasteiger partial charge is 0.0939 e. The van der Waals surface area contributed by atoms with Crippen LogP contribution in [0.3, 0.4) is 0 Å². The first-order chi connectivity index (χ1) is 15.1. The lowest BCUT2D eigenvalue weighted by Gasteiger charge is -2.41. The van der Waals surface area contributed by atoms with Crippen molar-refractivity contribution in [1.29, 1.82) is 0 Å². The molecule has 1 aliphatic carbocycles. The number of benzene rings is 2. The lowest BCUT2D eigenvalue weighted by atomic mass is 9.67. The van der Waals surface area contributed by atoms with Crippen LogP contribution in [0.5, 0.6) is 0 Å². The van der Waals surface area contributed by atoms with Crippen LogP contribution in [0.1, 0.15) is 55.7 Å². The fraction of sp³-hybridized carbons (Fsp3) is 0.571. The number of likely N-dealkylation sites (tertiary alicyclic amines) is 2. The van der Waals surface area contributed by atoms with Gasteiger partial charge in [-0.05, 0) is 74.6 Å². The maximum atomic E-state index is 11.9. The van der Waals surface area contributed by atoms with Crippen LogP contribution in [0.15, 0.2) is 54.6 Å². The minimum absolute atomic E-state index is 0.348. The SMILES string of the molecule is C[C@@H]1CCCN1CCc1ccc(C2(O)CCC[C@H]3CN(Cc4ccccc4)C[C@H]32)cc1. The second kappa shape index (κ2) is 9.05. The summed E-state index contributed by atoms with van der Waals surface area (Å²) in [6.07, 6.45) is 7.08. The molecule has 2 aromatic rings. The van der Waals surface area contributed by atoms with Crippen LogP contribution in [0.4, 0.5) is 0 Å². The fourth-order valence-electron chi connectivity index (χ4n) is 6.50. The van der Waals surface area contributed by atoms with Crippen molar-refractivity contribution in [2.75, 3.05) is 26.2 Å². The third kappa shape index (κ3) is 4.46. The van der Waals surface area contributed by atoms with E-state index in [4.69, 9.17) is 0 Å². The van der Waals surface area contributed by atoms with Crippen molar-refractivity contribution in [2.24, 2.45) is 11.8 Å². The average Bonchev–Trinajstić information content (AvgIpc) is 3.40. The van der Waals surface area contributed by atoms with Crippen LogP contribution in [0.2, 0.25) is 0 Å². The van der Waals surface area contributed by atoms with E-state index in [1.807, 2.05) is 0 Å².